The molecule has 2 aromatic rings. The van der Waals surface area contributed by atoms with Gasteiger partial charge in [-0.25, -0.2) is 13.4 Å². The van der Waals surface area contributed by atoms with Gasteiger partial charge in [-0.2, -0.15) is 4.98 Å². The highest BCUT2D eigenvalue weighted by Gasteiger charge is 2.27. The van der Waals surface area contributed by atoms with Crippen LogP contribution in [-0.2, 0) is 14.6 Å². The molecule has 0 amide bonds. The lowest BCUT2D eigenvalue weighted by Gasteiger charge is -2.26. The van der Waals surface area contributed by atoms with Crippen LogP contribution in [0.5, 0.6) is 5.75 Å². The third-order valence-electron chi connectivity index (χ3n) is 3.77. The Morgan fingerprint density at radius 2 is 2.00 bits per heavy atom. The Morgan fingerprint density at radius 3 is 2.64 bits per heavy atom. The Balaban J connectivity index is 2.02. The van der Waals surface area contributed by atoms with Gasteiger partial charge in [-0.1, -0.05) is 11.6 Å². The topological polar surface area (TPSA) is 108 Å². The maximum Gasteiger partial charge on any atom is 0.227 e. The second-order valence-electron chi connectivity index (χ2n) is 5.32. The summed E-state index contributed by atoms with van der Waals surface area (Å²) in [6.07, 6.45) is 1.21. The third kappa shape index (κ3) is 3.48. The van der Waals surface area contributed by atoms with Crippen molar-refractivity contribution >= 4 is 33.2 Å². The van der Waals surface area contributed by atoms with Crippen LogP contribution in [-0.4, -0.2) is 51.8 Å². The van der Waals surface area contributed by atoms with Gasteiger partial charge in [0.15, 0.2) is 0 Å². The van der Waals surface area contributed by atoms with E-state index in [0.717, 1.165) is 0 Å². The smallest absolute Gasteiger partial charge is 0.227 e. The summed E-state index contributed by atoms with van der Waals surface area (Å²) in [5, 5.41) is 0.267. The summed E-state index contributed by atoms with van der Waals surface area (Å²) in [7, 11) is -2.61. The van der Waals surface area contributed by atoms with Crippen LogP contribution in [0.15, 0.2) is 34.2 Å². The molecule has 25 heavy (non-hydrogen) atoms. The zero-order valence-electron chi connectivity index (χ0n) is 13.5. The summed E-state index contributed by atoms with van der Waals surface area (Å²) >= 11 is 5.93. The van der Waals surface area contributed by atoms with Crippen molar-refractivity contribution in [1.82, 2.24) is 9.97 Å². The number of morpholine rings is 1. The number of nitrogens with zero attached hydrogens (tertiary/aromatic N) is 3. The minimum absolute atomic E-state index is 0.0862. The van der Waals surface area contributed by atoms with Crippen LogP contribution in [0.4, 0.5) is 11.8 Å². The Morgan fingerprint density at radius 1 is 1.28 bits per heavy atom. The maximum absolute atomic E-state index is 12.9. The average molecular weight is 385 g/mol. The van der Waals surface area contributed by atoms with E-state index in [1.54, 1.807) is 6.07 Å². The normalized spacial score (nSPS) is 15.2. The molecule has 2 N–H and O–H groups in total. The van der Waals surface area contributed by atoms with Gasteiger partial charge in [0.05, 0.1) is 26.5 Å². The highest BCUT2D eigenvalue weighted by atomic mass is 35.5. The highest BCUT2D eigenvalue weighted by Crippen LogP contribution is 2.33. The van der Waals surface area contributed by atoms with Crippen molar-refractivity contribution in [3.8, 4) is 5.75 Å². The number of nitrogen functional groups attached to an aromatic ring is 1. The second-order valence-corrected chi connectivity index (χ2v) is 7.64. The predicted molar refractivity (Wildman–Crippen MR) is 92.9 cm³/mol. The Hall–Kier alpha value is -2.10. The average Bonchev–Trinajstić information content (AvgIpc) is 2.62. The van der Waals surface area contributed by atoms with Gasteiger partial charge in [0, 0.05) is 18.1 Å². The van der Waals surface area contributed by atoms with Gasteiger partial charge >= 0.3 is 0 Å². The molecular formula is C15H17ClN4O4S. The molecule has 8 nitrogen and oxygen atoms in total. The molecule has 1 aromatic heterocycles. The fourth-order valence-electron chi connectivity index (χ4n) is 2.48. The summed E-state index contributed by atoms with van der Waals surface area (Å²) in [6.45, 7) is 2.35. The van der Waals surface area contributed by atoms with E-state index in [1.807, 2.05) is 4.90 Å². The molecule has 1 fully saturated rings. The Bertz CT molecular complexity index is 885. The van der Waals surface area contributed by atoms with Crippen molar-refractivity contribution in [2.24, 2.45) is 0 Å². The highest BCUT2D eigenvalue weighted by molar-refractivity contribution is 7.91. The number of benzene rings is 1. The molecule has 1 aromatic carbocycles. The fourth-order valence-corrected chi connectivity index (χ4v) is 4.16. The van der Waals surface area contributed by atoms with Crippen LogP contribution in [0.1, 0.15) is 0 Å². The first kappa shape index (κ1) is 17.7. The lowest BCUT2D eigenvalue weighted by Crippen LogP contribution is -2.37. The van der Waals surface area contributed by atoms with Crippen molar-refractivity contribution in [2.45, 2.75) is 9.79 Å². The van der Waals surface area contributed by atoms with Crippen LogP contribution >= 0.6 is 11.6 Å². The number of rotatable bonds is 4. The number of halogens is 1. The number of hydrogen-bond donors (Lipinski definition) is 1. The Kier molecular flexibility index (Phi) is 4.98. The molecule has 0 bridgehead atoms. The number of hydrogen-bond acceptors (Lipinski definition) is 8. The molecule has 10 heteroatoms. The van der Waals surface area contributed by atoms with Gasteiger partial charge in [-0.15, -0.1) is 0 Å². The maximum atomic E-state index is 12.9. The minimum atomic E-state index is -3.99. The van der Waals surface area contributed by atoms with Crippen molar-refractivity contribution in [3.05, 3.63) is 29.4 Å². The van der Waals surface area contributed by atoms with Gasteiger partial charge in [0.25, 0.3) is 0 Å². The minimum Gasteiger partial charge on any atom is -0.495 e. The largest absolute Gasteiger partial charge is 0.495 e. The summed E-state index contributed by atoms with van der Waals surface area (Å²) < 4.78 is 36.3. The zero-order chi connectivity index (χ0) is 18.0. The number of aromatic nitrogens is 2. The van der Waals surface area contributed by atoms with E-state index in [2.05, 4.69) is 9.97 Å². The standard InChI is InChI=1S/C15H17ClN4O4S/c1-23-11-3-2-10(16)8-12(11)25(21,22)13-9-18-15(19-14(13)17)20-4-6-24-7-5-20/h2-3,8-9H,4-7H2,1H3,(H2,17,18,19). The van der Waals surface area contributed by atoms with Crippen LogP contribution in [0.3, 0.4) is 0 Å². The van der Waals surface area contributed by atoms with E-state index in [0.29, 0.717) is 32.3 Å². The molecule has 0 saturated carbocycles. The van der Waals surface area contributed by atoms with Crippen LogP contribution in [0, 0.1) is 0 Å². The molecule has 0 atom stereocenters. The molecule has 0 unspecified atom stereocenters. The number of methoxy groups -OCH3 is 1. The second kappa shape index (κ2) is 7.03. The molecule has 1 aliphatic rings. The van der Waals surface area contributed by atoms with Crippen molar-refractivity contribution in [1.29, 1.82) is 0 Å². The fraction of sp³-hybridized carbons (Fsp3) is 0.333. The molecule has 3 rings (SSSR count). The first-order chi connectivity index (χ1) is 11.9. The molecule has 1 aliphatic heterocycles. The van der Waals surface area contributed by atoms with Gasteiger partial charge in [0.2, 0.25) is 15.8 Å². The lowest BCUT2D eigenvalue weighted by molar-refractivity contribution is 0.122. The van der Waals surface area contributed by atoms with E-state index in [-0.39, 0.29) is 26.4 Å². The van der Waals surface area contributed by atoms with Crippen LogP contribution in [0.2, 0.25) is 5.02 Å². The zero-order valence-corrected chi connectivity index (χ0v) is 15.0. The van der Waals surface area contributed by atoms with Crippen LogP contribution < -0.4 is 15.4 Å². The SMILES string of the molecule is COc1ccc(Cl)cc1S(=O)(=O)c1cnc(N2CCOCC2)nc1N. The van der Waals surface area contributed by atoms with Gasteiger partial charge in [-0.05, 0) is 18.2 Å². The predicted octanol–water partition coefficient (Wildman–Crippen LogP) is 1.39. The Labute approximate surface area is 150 Å². The lowest BCUT2D eigenvalue weighted by atomic mass is 10.3. The number of nitrogens with two attached hydrogens (primary N) is 1. The summed E-state index contributed by atoms with van der Waals surface area (Å²) in [4.78, 5) is 9.92. The summed E-state index contributed by atoms with van der Waals surface area (Å²) in [6, 6.07) is 4.33. The number of anilines is 2. The van der Waals surface area contributed by atoms with Gasteiger partial charge in [0.1, 0.15) is 21.4 Å². The molecule has 0 spiro atoms. The quantitative estimate of drug-likeness (QED) is 0.842. The molecule has 0 aliphatic carbocycles. The monoisotopic (exact) mass is 384 g/mol. The van der Waals surface area contributed by atoms with E-state index >= 15 is 0 Å². The molecule has 0 radical (unpaired) electrons. The number of ether oxygens (including phenoxy) is 2. The van der Waals surface area contributed by atoms with E-state index in [4.69, 9.17) is 26.8 Å². The summed E-state index contributed by atoms with van der Waals surface area (Å²) in [5.74, 6) is 0.414. The molecule has 2 heterocycles. The van der Waals surface area contributed by atoms with E-state index in [9.17, 15) is 8.42 Å². The van der Waals surface area contributed by atoms with Crippen molar-refractivity contribution < 1.29 is 17.9 Å². The van der Waals surface area contributed by atoms with E-state index < -0.39 is 9.84 Å². The molecular weight excluding hydrogens is 368 g/mol. The summed E-state index contributed by atoms with van der Waals surface area (Å²) in [5.41, 5.74) is 5.92. The first-order valence-corrected chi connectivity index (χ1v) is 9.33. The van der Waals surface area contributed by atoms with Gasteiger partial charge < -0.3 is 20.1 Å². The first-order valence-electron chi connectivity index (χ1n) is 7.47. The van der Waals surface area contributed by atoms with E-state index in [1.165, 1.54) is 25.4 Å². The van der Waals surface area contributed by atoms with Gasteiger partial charge in [-0.3, -0.25) is 0 Å². The molecule has 134 valence electrons. The number of sulfone groups is 1. The molecule has 1 saturated heterocycles. The third-order valence-corrected chi connectivity index (χ3v) is 5.80. The van der Waals surface area contributed by atoms with Crippen molar-refractivity contribution in [3.63, 3.8) is 0 Å². The van der Waals surface area contributed by atoms with Crippen molar-refractivity contribution in [2.75, 3.05) is 44.0 Å². The van der Waals surface area contributed by atoms with Crippen LogP contribution in [0.25, 0.3) is 0 Å².